The van der Waals surface area contributed by atoms with Crippen LogP contribution in [-0.4, -0.2) is 12.0 Å². The zero-order valence-corrected chi connectivity index (χ0v) is 12.5. The van der Waals surface area contributed by atoms with Crippen LogP contribution in [0, 0.1) is 0 Å². The summed E-state index contributed by atoms with van der Waals surface area (Å²) in [5, 5.41) is 4.21. The fraction of sp³-hybridized carbons (Fsp3) is 0.167. The van der Waals surface area contributed by atoms with Crippen molar-refractivity contribution in [3.63, 3.8) is 0 Å². The van der Waals surface area contributed by atoms with Gasteiger partial charge in [-0.15, -0.1) is 0 Å². The first-order valence-corrected chi connectivity index (χ1v) is 7.26. The standard InChI is InChI=1S/C18H19N3O/c1-20-11-13-3-2-4-16(9-13)22-12-14-5-6-15-7-8-18(19)21-17(15)10-14/h2-10,20H,11-12H2,1H3,(H2,19,21). The minimum Gasteiger partial charge on any atom is -0.489 e. The number of nitrogen functional groups attached to an aromatic ring is 1. The number of pyridine rings is 1. The normalized spacial score (nSPS) is 10.8. The molecule has 0 bridgehead atoms. The number of nitrogens with zero attached hydrogens (tertiary/aromatic N) is 1. The second-order valence-corrected chi connectivity index (χ2v) is 5.23. The second-order valence-electron chi connectivity index (χ2n) is 5.23. The number of benzene rings is 2. The number of aromatic nitrogens is 1. The highest BCUT2D eigenvalue weighted by Gasteiger charge is 2.01. The molecule has 4 heteroatoms. The largest absolute Gasteiger partial charge is 0.489 e. The zero-order valence-electron chi connectivity index (χ0n) is 12.5. The Kier molecular flexibility index (Phi) is 4.21. The van der Waals surface area contributed by atoms with Crippen LogP contribution in [0.1, 0.15) is 11.1 Å². The van der Waals surface area contributed by atoms with Gasteiger partial charge in [-0.2, -0.15) is 0 Å². The molecule has 0 fully saturated rings. The Morgan fingerprint density at radius 2 is 1.91 bits per heavy atom. The molecule has 0 saturated carbocycles. The van der Waals surface area contributed by atoms with E-state index in [9.17, 15) is 0 Å². The Balaban J connectivity index is 1.74. The predicted molar refractivity (Wildman–Crippen MR) is 89.7 cm³/mol. The van der Waals surface area contributed by atoms with Crippen LogP contribution in [0.25, 0.3) is 10.9 Å². The molecule has 0 radical (unpaired) electrons. The number of ether oxygens (including phenoxy) is 1. The third-order valence-electron chi connectivity index (χ3n) is 3.46. The molecule has 3 aromatic rings. The molecule has 3 N–H and O–H groups in total. The lowest BCUT2D eigenvalue weighted by Gasteiger charge is -2.09. The summed E-state index contributed by atoms with van der Waals surface area (Å²) in [5.41, 5.74) is 8.90. The van der Waals surface area contributed by atoms with E-state index < -0.39 is 0 Å². The second kappa shape index (κ2) is 6.45. The van der Waals surface area contributed by atoms with E-state index >= 15 is 0 Å². The molecule has 1 heterocycles. The molecule has 0 saturated heterocycles. The summed E-state index contributed by atoms with van der Waals surface area (Å²) in [4.78, 5) is 4.34. The summed E-state index contributed by atoms with van der Waals surface area (Å²) in [6.07, 6.45) is 0. The van der Waals surface area contributed by atoms with Gasteiger partial charge in [-0.1, -0.05) is 24.3 Å². The first-order chi connectivity index (χ1) is 10.7. The molecule has 0 amide bonds. The molecule has 0 spiro atoms. The van der Waals surface area contributed by atoms with Crippen molar-refractivity contribution in [3.05, 3.63) is 65.7 Å². The van der Waals surface area contributed by atoms with Gasteiger partial charge in [0.1, 0.15) is 18.2 Å². The number of nitrogens with two attached hydrogens (primary N) is 1. The van der Waals surface area contributed by atoms with E-state index in [4.69, 9.17) is 10.5 Å². The molecule has 0 unspecified atom stereocenters. The van der Waals surface area contributed by atoms with Crippen LogP contribution in [-0.2, 0) is 13.2 Å². The lowest BCUT2D eigenvalue weighted by molar-refractivity contribution is 0.306. The molecule has 2 aromatic carbocycles. The van der Waals surface area contributed by atoms with Gasteiger partial charge < -0.3 is 15.8 Å². The van der Waals surface area contributed by atoms with Crippen molar-refractivity contribution in [1.29, 1.82) is 0 Å². The minimum atomic E-state index is 0.509. The van der Waals surface area contributed by atoms with Gasteiger partial charge in [0.25, 0.3) is 0 Å². The van der Waals surface area contributed by atoms with Crippen LogP contribution in [0.3, 0.4) is 0 Å². The van der Waals surface area contributed by atoms with Crippen molar-refractivity contribution in [1.82, 2.24) is 10.3 Å². The lowest BCUT2D eigenvalue weighted by Crippen LogP contribution is -2.05. The third-order valence-corrected chi connectivity index (χ3v) is 3.46. The first-order valence-electron chi connectivity index (χ1n) is 7.26. The van der Waals surface area contributed by atoms with Gasteiger partial charge in [0, 0.05) is 11.9 Å². The van der Waals surface area contributed by atoms with Crippen molar-refractivity contribution < 1.29 is 4.74 Å². The van der Waals surface area contributed by atoms with Gasteiger partial charge in [-0.3, -0.25) is 0 Å². The molecule has 3 rings (SSSR count). The van der Waals surface area contributed by atoms with Crippen LogP contribution in [0.5, 0.6) is 5.75 Å². The topological polar surface area (TPSA) is 60.2 Å². The molecule has 0 atom stereocenters. The van der Waals surface area contributed by atoms with Gasteiger partial charge in [0.2, 0.25) is 0 Å². The molecule has 0 aliphatic carbocycles. The fourth-order valence-electron chi connectivity index (χ4n) is 2.38. The Bertz CT molecular complexity index is 786. The Morgan fingerprint density at radius 3 is 2.77 bits per heavy atom. The highest BCUT2D eigenvalue weighted by molar-refractivity contribution is 5.80. The van der Waals surface area contributed by atoms with Crippen molar-refractivity contribution >= 4 is 16.7 Å². The number of fused-ring (bicyclic) bond motifs is 1. The van der Waals surface area contributed by atoms with Crippen LogP contribution >= 0.6 is 0 Å². The molecule has 1 aromatic heterocycles. The van der Waals surface area contributed by atoms with E-state index in [-0.39, 0.29) is 0 Å². The average Bonchev–Trinajstić information content (AvgIpc) is 2.53. The van der Waals surface area contributed by atoms with E-state index in [1.54, 1.807) is 0 Å². The zero-order chi connectivity index (χ0) is 15.4. The molecular formula is C18H19N3O. The van der Waals surface area contributed by atoms with Crippen molar-refractivity contribution in [2.45, 2.75) is 13.2 Å². The van der Waals surface area contributed by atoms with E-state index in [0.29, 0.717) is 12.4 Å². The quantitative estimate of drug-likeness (QED) is 0.759. The summed E-state index contributed by atoms with van der Waals surface area (Å²) >= 11 is 0. The SMILES string of the molecule is CNCc1cccc(OCc2ccc3ccc(N)nc3c2)c1. The summed E-state index contributed by atoms with van der Waals surface area (Å²) < 4.78 is 5.87. The van der Waals surface area contributed by atoms with Gasteiger partial charge in [0.15, 0.2) is 0 Å². The summed E-state index contributed by atoms with van der Waals surface area (Å²) in [7, 11) is 1.93. The number of rotatable bonds is 5. The number of nitrogens with one attached hydrogen (secondary N) is 1. The monoisotopic (exact) mass is 293 g/mol. The third kappa shape index (κ3) is 3.35. The number of hydrogen-bond donors (Lipinski definition) is 2. The van der Waals surface area contributed by atoms with Gasteiger partial charge in [-0.25, -0.2) is 4.98 Å². The smallest absolute Gasteiger partial charge is 0.124 e. The van der Waals surface area contributed by atoms with E-state index in [1.807, 2.05) is 49.5 Å². The lowest BCUT2D eigenvalue weighted by atomic mass is 10.1. The van der Waals surface area contributed by atoms with E-state index in [1.165, 1.54) is 5.56 Å². The number of hydrogen-bond acceptors (Lipinski definition) is 4. The molecule has 0 aliphatic heterocycles. The molecule has 22 heavy (non-hydrogen) atoms. The molecule has 0 aliphatic rings. The van der Waals surface area contributed by atoms with Crippen LogP contribution in [0.15, 0.2) is 54.6 Å². The van der Waals surface area contributed by atoms with Gasteiger partial charge in [0.05, 0.1) is 5.52 Å². The van der Waals surface area contributed by atoms with Crippen LogP contribution < -0.4 is 15.8 Å². The Hall–Kier alpha value is -2.59. The maximum Gasteiger partial charge on any atom is 0.124 e. The van der Waals surface area contributed by atoms with Gasteiger partial charge >= 0.3 is 0 Å². The average molecular weight is 293 g/mol. The fourth-order valence-corrected chi connectivity index (χ4v) is 2.38. The van der Waals surface area contributed by atoms with Crippen LogP contribution in [0.4, 0.5) is 5.82 Å². The molecule has 4 nitrogen and oxygen atoms in total. The van der Waals surface area contributed by atoms with E-state index in [0.717, 1.165) is 28.8 Å². The van der Waals surface area contributed by atoms with Crippen LogP contribution in [0.2, 0.25) is 0 Å². The number of anilines is 1. The van der Waals surface area contributed by atoms with Gasteiger partial charge in [-0.05, 0) is 48.5 Å². The van der Waals surface area contributed by atoms with Crippen molar-refractivity contribution in [3.8, 4) is 5.75 Å². The minimum absolute atomic E-state index is 0.509. The maximum atomic E-state index is 5.87. The molecule has 112 valence electrons. The maximum absolute atomic E-state index is 5.87. The predicted octanol–water partition coefficient (Wildman–Crippen LogP) is 3.12. The molecular weight excluding hydrogens is 274 g/mol. The summed E-state index contributed by atoms with van der Waals surface area (Å²) in [6.45, 7) is 1.34. The highest BCUT2D eigenvalue weighted by Crippen LogP contribution is 2.18. The van der Waals surface area contributed by atoms with E-state index in [2.05, 4.69) is 22.4 Å². The summed E-state index contributed by atoms with van der Waals surface area (Å²) in [6, 6.07) is 18.0. The summed E-state index contributed by atoms with van der Waals surface area (Å²) in [5.74, 6) is 1.40. The first kappa shape index (κ1) is 14.4. The Morgan fingerprint density at radius 1 is 1.05 bits per heavy atom. The van der Waals surface area contributed by atoms with Crippen molar-refractivity contribution in [2.75, 3.05) is 12.8 Å². The highest BCUT2D eigenvalue weighted by atomic mass is 16.5. The Labute approximate surface area is 129 Å². The van der Waals surface area contributed by atoms with Crippen molar-refractivity contribution in [2.24, 2.45) is 0 Å².